The Labute approximate surface area is 83.0 Å². The minimum absolute atomic E-state index is 0.130. The summed E-state index contributed by atoms with van der Waals surface area (Å²) in [7, 11) is 0. The molecule has 1 aromatic heterocycles. The summed E-state index contributed by atoms with van der Waals surface area (Å²) in [6.45, 7) is 1.73. The number of pyridine rings is 1. The lowest BCUT2D eigenvalue weighted by Crippen LogP contribution is -2.25. The number of anilines is 1. The van der Waals surface area contributed by atoms with Gasteiger partial charge in [-0.3, -0.25) is 4.79 Å². The number of aliphatic hydroxyl groups is 1. The number of carbonyl (C=O) groups excluding carboxylic acids is 1. The number of hydrogen-bond acceptors (Lipinski definition) is 3. The highest BCUT2D eigenvalue weighted by Gasteiger charge is 2.15. The molecule has 0 aliphatic heterocycles. The quantitative estimate of drug-likeness (QED) is 0.752. The van der Waals surface area contributed by atoms with E-state index in [-0.39, 0.29) is 18.4 Å². The van der Waals surface area contributed by atoms with E-state index in [1.165, 1.54) is 0 Å². The molecule has 0 spiro atoms. The number of nitrogens with zero attached hydrogens (tertiary/aromatic N) is 1. The third-order valence-electron chi connectivity index (χ3n) is 2.00. The largest absolute Gasteiger partial charge is 0.396 e. The van der Waals surface area contributed by atoms with Crippen molar-refractivity contribution >= 4 is 11.7 Å². The second kappa shape index (κ2) is 5.34. The van der Waals surface area contributed by atoms with Crippen LogP contribution < -0.4 is 5.32 Å². The normalized spacial score (nSPS) is 12.1. The predicted molar refractivity (Wildman–Crippen MR) is 53.7 cm³/mol. The molecule has 0 saturated carbocycles. The molecule has 0 aromatic carbocycles. The Morgan fingerprint density at radius 3 is 2.93 bits per heavy atom. The monoisotopic (exact) mass is 194 g/mol. The van der Waals surface area contributed by atoms with Gasteiger partial charge in [0, 0.05) is 6.20 Å². The van der Waals surface area contributed by atoms with Crippen molar-refractivity contribution in [2.45, 2.75) is 13.3 Å². The zero-order valence-corrected chi connectivity index (χ0v) is 8.10. The molecule has 1 atom stereocenters. The van der Waals surface area contributed by atoms with Crippen molar-refractivity contribution in [2.75, 3.05) is 11.9 Å². The molecule has 0 fully saturated rings. The molecule has 76 valence electrons. The number of rotatable bonds is 4. The number of nitrogens with one attached hydrogen (secondary N) is 1. The van der Waals surface area contributed by atoms with Gasteiger partial charge in [-0.15, -0.1) is 0 Å². The SMILES string of the molecule is CCC(CO)C(=O)Nc1ccccn1. The predicted octanol–water partition coefficient (Wildman–Crippen LogP) is 1.04. The summed E-state index contributed by atoms with van der Waals surface area (Å²) in [5.74, 6) is -0.0184. The van der Waals surface area contributed by atoms with Crippen LogP contribution in [0, 0.1) is 5.92 Å². The second-order valence-electron chi connectivity index (χ2n) is 2.99. The first kappa shape index (κ1) is 10.7. The lowest BCUT2D eigenvalue weighted by Gasteiger charge is -2.10. The van der Waals surface area contributed by atoms with Crippen LogP contribution >= 0.6 is 0 Å². The summed E-state index contributed by atoms with van der Waals surface area (Å²) in [6.07, 6.45) is 2.23. The first-order valence-corrected chi connectivity index (χ1v) is 4.60. The molecular formula is C10H14N2O2. The average Bonchev–Trinajstić information content (AvgIpc) is 2.21. The molecule has 1 rings (SSSR count). The molecular weight excluding hydrogens is 180 g/mol. The highest BCUT2D eigenvalue weighted by Crippen LogP contribution is 2.06. The molecule has 4 heteroatoms. The number of carbonyl (C=O) groups is 1. The van der Waals surface area contributed by atoms with Crippen LogP contribution in [0.5, 0.6) is 0 Å². The van der Waals surface area contributed by atoms with Crippen LogP contribution in [0.15, 0.2) is 24.4 Å². The summed E-state index contributed by atoms with van der Waals surface area (Å²) in [5, 5.41) is 11.5. The molecule has 1 unspecified atom stereocenters. The van der Waals surface area contributed by atoms with Crippen molar-refractivity contribution < 1.29 is 9.90 Å². The molecule has 0 aliphatic rings. The van der Waals surface area contributed by atoms with E-state index in [4.69, 9.17) is 5.11 Å². The van der Waals surface area contributed by atoms with E-state index in [0.29, 0.717) is 12.2 Å². The zero-order chi connectivity index (χ0) is 10.4. The van der Waals surface area contributed by atoms with Crippen molar-refractivity contribution in [1.29, 1.82) is 0 Å². The van der Waals surface area contributed by atoms with Gasteiger partial charge in [0.05, 0.1) is 12.5 Å². The van der Waals surface area contributed by atoms with E-state index in [1.807, 2.05) is 6.92 Å². The van der Waals surface area contributed by atoms with Crippen molar-refractivity contribution in [1.82, 2.24) is 4.98 Å². The molecule has 0 radical (unpaired) electrons. The smallest absolute Gasteiger partial charge is 0.230 e. The molecule has 1 heterocycles. The summed E-state index contributed by atoms with van der Waals surface area (Å²) in [6, 6.07) is 5.28. The Hall–Kier alpha value is -1.42. The van der Waals surface area contributed by atoms with Crippen LogP contribution in [0.1, 0.15) is 13.3 Å². The molecule has 14 heavy (non-hydrogen) atoms. The Morgan fingerprint density at radius 1 is 1.64 bits per heavy atom. The minimum Gasteiger partial charge on any atom is -0.396 e. The van der Waals surface area contributed by atoms with Crippen LogP contribution in [0.3, 0.4) is 0 Å². The summed E-state index contributed by atoms with van der Waals surface area (Å²) in [4.78, 5) is 15.4. The molecule has 1 aromatic rings. The summed E-state index contributed by atoms with van der Waals surface area (Å²) < 4.78 is 0. The number of amides is 1. The Bertz CT molecular complexity index is 283. The molecule has 0 aliphatic carbocycles. The molecule has 2 N–H and O–H groups in total. The van der Waals surface area contributed by atoms with Gasteiger partial charge in [-0.1, -0.05) is 13.0 Å². The standard InChI is InChI=1S/C10H14N2O2/c1-2-8(7-13)10(14)12-9-5-3-4-6-11-9/h3-6,8,13H,2,7H2,1H3,(H,11,12,14). The Balaban J connectivity index is 2.57. The fourth-order valence-corrected chi connectivity index (χ4v) is 1.06. The maximum Gasteiger partial charge on any atom is 0.230 e. The van der Waals surface area contributed by atoms with Crippen LogP contribution in [0.2, 0.25) is 0 Å². The van der Waals surface area contributed by atoms with Crippen LogP contribution in [-0.4, -0.2) is 22.6 Å². The van der Waals surface area contributed by atoms with E-state index in [1.54, 1.807) is 24.4 Å². The molecule has 0 saturated heterocycles. The van der Waals surface area contributed by atoms with Crippen molar-refractivity contribution in [3.05, 3.63) is 24.4 Å². The first-order valence-electron chi connectivity index (χ1n) is 4.60. The van der Waals surface area contributed by atoms with E-state index >= 15 is 0 Å². The summed E-state index contributed by atoms with van der Waals surface area (Å²) >= 11 is 0. The first-order chi connectivity index (χ1) is 6.77. The van der Waals surface area contributed by atoms with Gasteiger partial charge in [0.1, 0.15) is 5.82 Å². The average molecular weight is 194 g/mol. The number of aromatic nitrogens is 1. The van der Waals surface area contributed by atoms with Gasteiger partial charge in [0.2, 0.25) is 5.91 Å². The maximum atomic E-state index is 11.5. The maximum absolute atomic E-state index is 11.5. The highest BCUT2D eigenvalue weighted by molar-refractivity contribution is 5.91. The molecule has 1 amide bonds. The van der Waals surface area contributed by atoms with Gasteiger partial charge >= 0.3 is 0 Å². The molecule has 0 bridgehead atoms. The van der Waals surface area contributed by atoms with Crippen molar-refractivity contribution in [3.8, 4) is 0 Å². The number of aliphatic hydroxyl groups excluding tert-OH is 1. The Kier molecular flexibility index (Phi) is 4.07. The molecule has 4 nitrogen and oxygen atoms in total. The van der Waals surface area contributed by atoms with Gasteiger partial charge in [-0.2, -0.15) is 0 Å². The zero-order valence-electron chi connectivity index (χ0n) is 8.10. The van der Waals surface area contributed by atoms with E-state index in [9.17, 15) is 4.79 Å². The van der Waals surface area contributed by atoms with Gasteiger partial charge in [0.25, 0.3) is 0 Å². The lowest BCUT2D eigenvalue weighted by molar-refractivity contribution is -0.121. The fourth-order valence-electron chi connectivity index (χ4n) is 1.06. The van der Waals surface area contributed by atoms with Gasteiger partial charge in [-0.25, -0.2) is 4.98 Å². The second-order valence-corrected chi connectivity index (χ2v) is 2.99. The minimum atomic E-state index is -0.350. The van der Waals surface area contributed by atoms with Gasteiger partial charge in [0.15, 0.2) is 0 Å². The van der Waals surface area contributed by atoms with E-state index < -0.39 is 0 Å². The fraction of sp³-hybridized carbons (Fsp3) is 0.400. The lowest BCUT2D eigenvalue weighted by atomic mass is 10.1. The third-order valence-corrected chi connectivity index (χ3v) is 2.00. The van der Waals surface area contributed by atoms with Gasteiger partial charge < -0.3 is 10.4 Å². The van der Waals surface area contributed by atoms with Crippen LogP contribution in [-0.2, 0) is 4.79 Å². The number of hydrogen-bond donors (Lipinski definition) is 2. The topological polar surface area (TPSA) is 62.2 Å². The Morgan fingerprint density at radius 2 is 2.43 bits per heavy atom. The third kappa shape index (κ3) is 2.81. The highest BCUT2D eigenvalue weighted by atomic mass is 16.3. The summed E-state index contributed by atoms with van der Waals surface area (Å²) in [5.41, 5.74) is 0. The van der Waals surface area contributed by atoms with Gasteiger partial charge in [-0.05, 0) is 18.6 Å². The van der Waals surface area contributed by atoms with Crippen LogP contribution in [0.25, 0.3) is 0 Å². The van der Waals surface area contributed by atoms with E-state index in [0.717, 1.165) is 0 Å². The van der Waals surface area contributed by atoms with Crippen molar-refractivity contribution in [3.63, 3.8) is 0 Å². The van der Waals surface area contributed by atoms with Crippen molar-refractivity contribution in [2.24, 2.45) is 5.92 Å². The van der Waals surface area contributed by atoms with Crippen LogP contribution in [0.4, 0.5) is 5.82 Å². The van der Waals surface area contributed by atoms with E-state index in [2.05, 4.69) is 10.3 Å².